The van der Waals surface area contributed by atoms with Gasteiger partial charge in [-0.3, -0.25) is 0 Å². The zero-order valence-corrected chi connectivity index (χ0v) is 7.46. The molecule has 5 heteroatoms. The number of halogens is 1. The molecule has 13 heavy (non-hydrogen) atoms. The normalized spacial score (nSPS) is 18.2. The lowest BCUT2D eigenvalue weighted by Crippen LogP contribution is -2.15. The number of ether oxygens (including phenoxy) is 1. The Morgan fingerprint density at radius 1 is 1.46 bits per heavy atom. The van der Waals surface area contributed by atoms with Crippen LogP contribution in [-0.2, 0) is 0 Å². The van der Waals surface area contributed by atoms with Gasteiger partial charge in [-0.25, -0.2) is 14.4 Å². The van der Waals surface area contributed by atoms with Gasteiger partial charge in [0.05, 0.1) is 0 Å². The summed E-state index contributed by atoms with van der Waals surface area (Å²) in [5.41, 5.74) is -0.137. The number of hydrogen-bond acceptors (Lipinski definition) is 3. The van der Waals surface area contributed by atoms with Gasteiger partial charge in [0.2, 0.25) is 0 Å². The fourth-order valence-electron chi connectivity index (χ4n) is 0.929. The Morgan fingerprint density at radius 3 is 2.62 bits per heavy atom. The molecule has 1 saturated carbocycles. The monoisotopic (exact) mass is 180 g/mol. The summed E-state index contributed by atoms with van der Waals surface area (Å²) in [5.74, 6) is 0. The molecule has 1 fully saturated rings. The fourth-order valence-corrected chi connectivity index (χ4v) is 0.929. The van der Waals surface area contributed by atoms with Gasteiger partial charge in [-0.05, 0) is 12.8 Å². The lowest BCUT2D eigenvalue weighted by molar-refractivity contribution is 0.167. The van der Waals surface area contributed by atoms with E-state index in [9.17, 15) is 4.39 Å². The van der Waals surface area contributed by atoms with Crippen molar-refractivity contribution in [2.45, 2.75) is 18.5 Å². The smallest absolute Gasteiger partial charge is 0.316 e. The number of rotatable bonds is 3. The standard InChI is InChI=1S/C8H10BFN2O/c9-6-3-11-7(12-4-6)13-5-8(10)1-2-8/h3-4H,1-2,5,9H2. The van der Waals surface area contributed by atoms with E-state index in [-0.39, 0.29) is 12.6 Å². The summed E-state index contributed by atoms with van der Waals surface area (Å²) in [5, 5.41) is 0. The molecule has 3 nitrogen and oxygen atoms in total. The van der Waals surface area contributed by atoms with Gasteiger partial charge in [0, 0.05) is 12.4 Å². The van der Waals surface area contributed by atoms with E-state index in [2.05, 4.69) is 9.97 Å². The molecule has 0 atom stereocenters. The van der Waals surface area contributed by atoms with Crippen LogP contribution in [0.25, 0.3) is 0 Å². The Labute approximate surface area is 76.8 Å². The van der Waals surface area contributed by atoms with E-state index in [0.29, 0.717) is 12.8 Å². The molecule has 0 N–H and O–H groups in total. The SMILES string of the molecule is Bc1cnc(OCC2(F)CC2)nc1. The van der Waals surface area contributed by atoms with E-state index in [1.54, 1.807) is 12.4 Å². The topological polar surface area (TPSA) is 35.0 Å². The maximum atomic E-state index is 13.1. The maximum absolute atomic E-state index is 13.1. The third-order valence-electron chi connectivity index (χ3n) is 2.01. The first-order chi connectivity index (χ1) is 6.18. The Morgan fingerprint density at radius 2 is 2.08 bits per heavy atom. The first kappa shape index (κ1) is 8.47. The molecule has 0 spiro atoms. The van der Waals surface area contributed by atoms with Crippen LogP contribution in [0.3, 0.4) is 0 Å². The van der Waals surface area contributed by atoms with Crippen LogP contribution in [0, 0.1) is 0 Å². The van der Waals surface area contributed by atoms with E-state index < -0.39 is 5.67 Å². The third kappa shape index (κ3) is 2.17. The third-order valence-corrected chi connectivity index (χ3v) is 2.01. The van der Waals surface area contributed by atoms with Crippen molar-refractivity contribution in [3.8, 4) is 6.01 Å². The summed E-state index contributed by atoms with van der Waals surface area (Å²) in [6, 6.07) is 0.259. The van der Waals surface area contributed by atoms with Crippen LogP contribution in [0.15, 0.2) is 12.4 Å². The van der Waals surface area contributed by atoms with Gasteiger partial charge in [0.1, 0.15) is 20.1 Å². The molecule has 0 unspecified atom stereocenters. The van der Waals surface area contributed by atoms with Gasteiger partial charge < -0.3 is 4.74 Å². The van der Waals surface area contributed by atoms with Gasteiger partial charge >= 0.3 is 6.01 Å². The summed E-state index contributed by atoms with van der Waals surface area (Å²) >= 11 is 0. The van der Waals surface area contributed by atoms with Crippen LogP contribution in [0.1, 0.15) is 12.8 Å². The van der Waals surface area contributed by atoms with Crippen molar-refractivity contribution in [1.29, 1.82) is 0 Å². The number of aromatic nitrogens is 2. The quantitative estimate of drug-likeness (QED) is 0.594. The predicted octanol–water partition coefficient (Wildman–Crippen LogP) is -0.384. The Hall–Kier alpha value is -1.13. The summed E-state index contributed by atoms with van der Waals surface area (Å²) in [6.07, 6.45) is 4.50. The van der Waals surface area contributed by atoms with Gasteiger partial charge in [-0.15, -0.1) is 0 Å². The molecule has 0 amide bonds. The van der Waals surface area contributed by atoms with Crippen LogP contribution in [0.4, 0.5) is 4.39 Å². The number of alkyl halides is 1. The Kier molecular flexibility index (Phi) is 1.94. The second kappa shape index (κ2) is 2.98. The Balaban J connectivity index is 1.91. The van der Waals surface area contributed by atoms with Crippen molar-refractivity contribution in [3.63, 3.8) is 0 Å². The number of nitrogens with zero attached hydrogens (tertiary/aromatic N) is 2. The van der Waals surface area contributed by atoms with Gasteiger partial charge in [-0.2, -0.15) is 0 Å². The van der Waals surface area contributed by atoms with Crippen molar-refractivity contribution in [2.75, 3.05) is 6.61 Å². The average molecular weight is 180 g/mol. The minimum absolute atomic E-state index is 0.0794. The van der Waals surface area contributed by atoms with E-state index in [1.807, 2.05) is 7.85 Å². The highest BCUT2D eigenvalue weighted by molar-refractivity contribution is 6.31. The zero-order chi connectivity index (χ0) is 9.31. The predicted molar refractivity (Wildman–Crippen MR) is 48.8 cm³/mol. The van der Waals surface area contributed by atoms with Crippen molar-refractivity contribution in [1.82, 2.24) is 9.97 Å². The highest BCUT2D eigenvalue weighted by atomic mass is 19.1. The molecule has 0 saturated heterocycles. The summed E-state index contributed by atoms with van der Waals surface area (Å²) in [6.45, 7) is 0.0794. The van der Waals surface area contributed by atoms with E-state index in [0.717, 1.165) is 5.46 Å². The molecule has 0 aromatic carbocycles. The molecular formula is C8H10BFN2O. The maximum Gasteiger partial charge on any atom is 0.316 e. The van der Waals surface area contributed by atoms with E-state index >= 15 is 0 Å². The second-order valence-corrected chi connectivity index (χ2v) is 3.48. The lowest BCUT2D eigenvalue weighted by Gasteiger charge is -2.05. The summed E-state index contributed by atoms with van der Waals surface area (Å²) < 4.78 is 18.2. The van der Waals surface area contributed by atoms with Crippen molar-refractivity contribution < 1.29 is 9.13 Å². The summed E-state index contributed by atoms with van der Waals surface area (Å²) in [7, 11) is 1.89. The highest BCUT2D eigenvalue weighted by Crippen LogP contribution is 2.39. The molecule has 1 heterocycles. The minimum Gasteiger partial charge on any atom is -0.460 e. The van der Waals surface area contributed by atoms with Crippen molar-refractivity contribution in [3.05, 3.63) is 12.4 Å². The molecule has 1 aliphatic rings. The lowest BCUT2D eigenvalue weighted by atomic mass is 10.0. The van der Waals surface area contributed by atoms with Crippen molar-refractivity contribution >= 4 is 13.3 Å². The molecular weight excluding hydrogens is 170 g/mol. The highest BCUT2D eigenvalue weighted by Gasteiger charge is 2.44. The Bertz CT molecular complexity index is 300. The molecule has 1 aliphatic carbocycles. The van der Waals surface area contributed by atoms with Gasteiger partial charge in [0.15, 0.2) is 0 Å². The molecule has 68 valence electrons. The van der Waals surface area contributed by atoms with Crippen molar-refractivity contribution in [2.24, 2.45) is 0 Å². The average Bonchev–Trinajstić information content (AvgIpc) is 2.84. The van der Waals surface area contributed by atoms with Gasteiger partial charge in [0.25, 0.3) is 0 Å². The minimum atomic E-state index is -1.10. The molecule has 0 aliphatic heterocycles. The van der Waals surface area contributed by atoms with Crippen LogP contribution < -0.4 is 10.2 Å². The fraction of sp³-hybridized carbons (Fsp3) is 0.500. The molecule has 0 bridgehead atoms. The first-order valence-corrected chi connectivity index (χ1v) is 4.28. The molecule has 0 radical (unpaired) electrons. The zero-order valence-electron chi connectivity index (χ0n) is 7.46. The largest absolute Gasteiger partial charge is 0.460 e. The van der Waals surface area contributed by atoms with Crippen LogP contribution in [0.2, 0.25) is 0 Å². The van der Waals surface area contributed by atoms with Crippen LogP contribution in [0.5, 0.6) is 6.01 Å². The van der Waals surface area contributed by atoms with Crippen LogP contribution in [-0.4, -0.2) is 30.1 Å². The summed E-state index contributed by atoms with van der Waals surface area (Å²) in [4.78, 5) is 7.82. The first-order valence-electron chi connectivity index (χ1n) is 4.28. The second-order valence-electron chi connectivity index (χ2n) is 3.48. The molecule has 1 aromatic rings. The van der Waals surface area contributed by atoms with E-state index in [1.165, 1.54) is 0 Å². The molecule has 2 rings (SSSR count). The number of hydrogen-bond donors (Lipinski definition) is 0. The van der Waals surface area contributed by atoms with Crippen LogP contribution >= 0.6 is 0 Å². The van der Waals surface area contributed by atoms with E-state index in [4.69, 9.17) is 4.74 Å². The van der Waals surface area contributed by atoms with Gasteiger partial charge in [-0.1, -0.05) is 5.46 Å². The molecule has 1 aromatic heterocycles.